The minimum Gasteiger partial charge on any atom is -0.453 e. The van der Waals surface area contributed by atoms with Gasteiger partial charge in [0.05, 0.1) is 34.9 Å². The Hall–Kier alpha value is -2.33. The molecule has 7 heteroatoms. The van der Waals surface area contributed by atoms with Gasteiger partial charge in [-0.05, 0) is 63.3 Å². The van der Waals surface area contributed by atoms with Crippen LogP contribution in [0.2, 0.25) is 0 Å². The predicted octanol–water partition coefficient (Wildman–Crippen LogP) is 4.10. The fraction of sp³-hybridized carbons (Fsp3) is 0.524. The van der Waals surface area contributed by atoms with Crippen molar-refractivity contribution < 1.29 is 13.2 Å². The van der Waals surface area contributed by atoms with E-state index in [9.17, 15) is 13.7 Å². The fourth-order valence-electron chi connectivity index (χ4n) is 4.25. The average Bonchev–Trinajstić information content (AvgIpc) is 3.07. The smallest absolute Gasteiger partial charge is 0.171 e. The fourth-order valence-corrected chi connectivity index (χ4v) is 5.95. The summed E-state index contributed by atoms with van der Waals surface area (Å²) in [6, 6.07) is 5.89. The molecule has 1 aromatic heterocycles. The number of aromatic nitrogens is 2. The molecule has 0 amide bonds. The van der Waals surface area contributed by atoms with E-state index < -0.39 is 9.84 Å². The monoisotopic (exact) mass is 399 g/mol. The number of ether oxygens (including phenoxy) is 1. The number of rotatable bonds is 4. The molecule has 0 radical (unpaired) electrons. The van der Waals surface area contributed by atoms with Crippen LogP contribution in [0.5, 0.6) is 11.5 Å². The minimum absolute atomic E-state index is 0.110. The largest absolute Gasteiger partial charge is 0.453 e. The first kappa shape index (κ1) is 19.0. The first-order valence-electron chi connectivity index (χ1n) is 9.77. The molecular weight excluding hydrogens is 374 g/mol. The van der Waals surface area contributed by atoms with E-state index in [1.807, 2.05) is 37.6 Å². The van der Waals surface area contributed by atoms with Gasteiger partial charge in [-0.15, -0.1) is 0 Å². The molecule has 2 heterocycles. The van der Waals surface area contributed by atoms with Gasteiger partial charge in [-0.1, -0.05) is 6.42 Å². The summed E-state index contributed by atoms with van der Waals surface area (Å²) in [5.41, 5.74) is 4.26. The molecule has 1 saturated carbocycles. The molecule has 1 atom stereocenters. The highest BCUT2D eigenvalue weighted by atomic mass is 32.2. The number of nitrogens with zero attached hydrogens (tertiary/aromatic N) is 3. The number of hydrogen-bond acceptors (Lipinski definition) is 5. The number of nitriles is 1. The molecule has 2 fully saturated rings. The van der Waals surface area contributed by atoms with Crippen molar-refractivity contribution in [2.24, 2.45) is 0 Å². The summed E-state index contributed by atoms with van der Waals surface area (Å²) in [6.07, 6.45) is 3.93. The normalized spacial score (nSPS) is 21.3. The van der Waals surface area contributed by atoms with E-state index in [4.69, 9.17) is 9.84 Å². The average molecular weight is 400 g/mol. The molecule has 28 heavy (non-hydrogen) atoms. The summed E-state index contributed by atoms with van der Waals surface area (Å²) in [5, 5.41) is 14.0. The first-order valence-corrected chi connectivity index (χ1v) is 11.6. The van der Waals surface area contributed by atoms with Crippen molar-refractivity contribution in [3.8, 4) is 17.6 Å². The Bertz CT molecular complexity index is 1050. The maximum Gasteiger partial charge on any atom is 0.171 e. The molecule has 1 aliphatic carbocycles. The van der Waals surface area contributed by atoms with Crippen LogP contribution in [0.1, 0.15) is 65.7 Å². The van der Waals surface area contributed by atoms with Crippen LogP contribution < -0.4 is 4.74 Å². The Balaban J connectivity index is 1.74. The lowest BCUT2D eigenvalue weighted by molar-refractivity contribution is 0.356. The molecular formula is C21H25N3O3S. The van der Waals surface area contributed by atoms with Crippen molar-refractivity contribution in [1.82, 2.24) is 9.78 Å². The Morgan fingerprint density at radius 1 is 1.18 bits per heavy atom. The topological polar surface area (TPSA) is 85.0 Å². The van der Waals surface area contributed by atoms with Gasteiger partial charge in [0.25, 0.3) is 0 Å². The third-order valence-corrected chi connectivity index (χ3v) is 7.70. The summed E-state index contributed by atoms with van der Waals surface area (Å²) in [7, 11) is -2.99. The highest BCUT2D eigenvalue weighted by Crippen LogP contribution is 2.45. The van der Waals surface area contributed by atoms with Gasteiger partial charge in [0.1, 0.15) is 11.4 Å². The second kappa shape index (κ2) is 6.93. The summed E-state index contributed by atoms with van der Waals surface area (Å²) >= 11 is 0. The van der Waals surface area contributed by atoms with Crippen molar-refractivity contribution in [2.45, 2.75) is 58.4 Å². The van der Waals surface area contributed by atoms with E-state index in [1.165, 1.54) is 6.42 Å². The molecule has 6 nitrogen and oxygen atoms in total. The lowest BCUT2D eigenvalue weighted by Gasteiger charge is -2.28. The maximum absolute atomic E-state index is 12.0. The molecule has 0 N–H and O–H groups in total. The van der Waals surface area contributed by atoms with Crippen molar-refractivity contribution >= 4 is 9.84 Å². The minimum atomic E-state index is -2.99. The Kier molecular flexibility index (Phi) is 4.70. The SMILES string of the molecule is Cc1cc(Oc2c(C)nn(C3CCS(=O)(=O)C3)c2C2CCC2)cc(C)c1C#N. The molecule has 4 rings (SSSR count). The van der Waals surface area contributed by atoms with E-state index >= 15 is 0 Å². The number of sulfone groups is 1. The van der Waals surface area contributed by atoms with Gasteiger partial charge >= 0.3 is 0 Å². The molecule has 2 aliphatic rings. The van der Waals surface area contributed by atoms with E-state index in [0.717, 1.165) is 41.1 Å². The van der Waals surface area contributed by atoms with Crippen LogP contribution in [0.3, 0.4) is 0 Å². The Labute approximate surface area is 166 Å². The van der Waals surface area contributed by atoms with Crippen LogP contribution in [-0.4, -0.2) is 29.7 Å². The molecule has 1 unspecified atom stereocenters. The van der Waals surface area contributed by atoms with Crippen LogP contribution in [0.15, 0.2) is 12.1 Å². The molecule has 1 aromatic carbocycles. The summed E-state index contributed by atoms with van der Waals surface area (Å²) in [4.78, 5) is 0. The van der Waals surface area contributed by atoms with E-state index in [-0.39, 0.29) is 17.5 Å². The zero-order valence-electron chi connectivity index (χ0n) is 16.5. The second-order valence-corrected chi connectivity index (χ2v) is 10.3. The van der Waals surface area contributed by atoms with Gasteiger partial charge in [-0.25, -0.2) is 8.42 Å². The molecule has 2 aromatic rings. The zero-order valence-corrected chi connectivity index (χ0v) is 17.3. The molecule has 148 valence electrons. The highest BCUT2D eigenvalue weighted by Gasteiger charge is 2.36. The van der Waals surface area contributed by atoms with Crippen LogP contribution in [-0.2, 0) is 9.84 Å². The van der Waals surface area contributed by atoms with Gasteiger partial charge in [0.2, 0.25) is 0 Å². The van der Waals surface area contributed by atoms with Gasteiger partial charge in [0, 0.05) is 5.92 Å². The molecule has 1 aliphatic heterocycles. The third-order valence-electron chi connectivity index (χ3n) is 5.95. The lowest BCUT2D eigenvalue weighted by Crippen LogP contribution is -2.20. The zero-order chi connectivity index (χ0) is 20.1. The summed E-state index contributed by atoms with van der Waals surface area (Å²) in [6.45, 7) is 5.73. The van der Waals surface area contributed by atoms with Gasteiger partial charge in [-0.3, -0.25) is 4.68 Å². The van der Waals surface area contributed by atoms with Gasteiger partial charge < -0.3 is 4.74 Å². The molecule has 1 saturated heterocycles. The summed E-state index contributed by atoms with van der Waals surface area (Å²) in [5.74, 6) is 2.18. The molecule has 0 bridgehead atoms. The highest BCUT2D eigenvalue weighted by molar-refractivity contribution is 7.91. The van der Waals surface area contributed by atoms with Crippen LogP contribution >= 0.6 is 0 Å². The Morgan fingerprint density at radius 3 is 2.36 bits per heavy atom. The van der Waals surface area contributed by atoms with E-state index in [0.29, 0.717) is 23.7 Å². The maximum atomic E-state index is 12.0. The standard InChI is InChI=1S/C21H25N3O3S/c1-13-9-18(10-14(2)19(13)11-22)27-21-15(3)23-24(20(21)16-5-4-6-16)17-7-8-28(25,26)12-17/h9-10,16-17H,4-8,12H2,1-3H3. The van der Waals surface area contributed by atoms with Crippen molar-refractivity contribution in [3.05, 3.63) is 40.2 Å². The van der Waals surface area contributed by atoms with Crippen LogP contribution in [0, 0.1) is 32.1 Å². The van der Waals surface area contributed by atoms with E-state index in [2.05, 4.69) is 6.07 Å². The Morgan fingerprint density at radius 2 is 1.86 bits per heavy atom. The van der Waals surface area contributed by atoms with Crippen LogP contribution in [0.25, 0.3) is 0 Å². The van der Waals surface area contributed by atoms with Gasteiger partial charge in [0.15, 0.2) is 15.6 Å². The third kappa shape index (κ3) is 3.30. The number of aryl methyl sites for hydroxylation is 3. The van der Waals surface area contributed by atoms with Crippen LogP contribution in [0.4, 0.5) is 0 Å². The quantitative estimate of drug-likeness (QED) is 0.773. The van der Waals surface area contributed by atoms with Crippen molar-refractivity contribution in [2.75, 3.05) is 11.5 Å². The second-order valence-electron chi connectivity index (χ2n) is 8.07. The molecule has 0 spiro atoms. The number of benzene rings is 1. The van der Waals surface area contributed by atoms with Gasteiger partial charge in [-0.2, -0.15) is 10.4 Å². The predicted molar refractivity (Wildman–Crippen MR) is 107 cm³/mol. The van der Waals surface area contributed by atoms with Crippen molar-refractivity contribution in [3.63, 3.8) is 0 Å². The van der Waals surface area contributed by atoms with E-state index in [1.54, 1.807) is 0 Å². The number of hydrogen-bond donors (Lipinski definition) is 0. The summed E-state index contributed by atoms with van der Waals surface area (Å²) < 4.78 is 32.2. The van der Waals surface area contributed by atoms with Crippen molar-refractivity contribution in [1.29, 1.82) is 5.26 Å². The lowest BCUT2D eigenvalue weighted by atomic mass is 9.82. The first-order chi connectivity index (χ1) is 13.3.